The van der Waals surface area contributed by atoms with Gasteiger partial charge in [0.25, 0.3) is 0 Å². The molecule has 43 heavy (non-hydrogen) atoms. The second kappa shape index (κ2) is 10.6. The predicted molar refractivity (Wildman–Crippen MR) is 181 cm³/mol. The summed E-state index contributed by atoms with van der Waals surface area (Å²) in [5.41, 5.74) is 10.8. The standard InChI is InChI=1S/C39H28N4/c1-5-13-34-30(9-1)38(31-10-2-6-14-35(31)42-34)40-28-21-17-26(18-22-28)25-27-19-23-29(24-20-27)41-39-32-11-3-7-15-36(32)43-37-16-8-4-12-33(37)39/h1-24H,25H2,(H,40,42)(H,41,43). The molecular weight excluding hydrogens is 524 g/mol. The molecule has 2 aromatic heterocycles. The van der Waals surface area contributed by atoms with Gasteiger partial charge in [0, 0.05) is 32.9 Å². The highest BCUT2D eigenvalue weighted by atomic mass is 14.9. The van der Waals surface area contributed by atoms with E-state index < -0.39 is 0 Å². The Morgan fingerprint density at radius 3 is 0.977 bits per heavy atom. The summed E-state index contributed by atoms with van der Waals surface area (Å²) in [7, 11) is 0. The third-order valence-corrected chi connectivity index (χ3v) is 8.03. The molecule has 0 radical (unpaired) electrons. The van der Waals surface area contributed by atoms with Crippen LogP contribution in [-0.4, -0.2) is 9.97 Å². The van der Waals surface area contributed by atoms with Gasteiger partial charge in [-0.1, -0.05) is 97.1 Å². The fraction of sp³-hybridized carbons (Fsp3) is 0.0256. The van der Waals surface area contributed by atoms with Gasteiger partial charge in [0.1, 0.15) is 0 Å². The van der Waals surface area contributed by atoms with E-state index in [1.54, 1.807) is 0 Å². The first-order chi connectivity index (χ1) is 21.3. The van der Waals surface area contributed by atoms with Gasteiger partial charge < -0.3 is 10.6 Å². The third kappa shape index (κ3) is 4.79. The van der Waals surface area contributed by atoms with Crippen LogP contribution in [0.2, 0.25) is 0 Å². The Balaban J connectivity index is 1.02. The molecule has 0 amide bonds. The maximum Gasteiger partial charge on any atom is 0.0730 e. The van der Waals surface area contributed by atoms with Crippen molar-refractivity contribution in [1.29, 1.82) is 0 Å². The van der Waals surface area contributed by atoms with Crippen LogP contribution >= 0.6 is 0 Å². The normalized spacial score (nSPS) is 11.3. The van der Waals surface area contributed by atoms with Crippen molar-refractivity contribution < 1.29 is 0 Å². The number of benzene rings is 6. The zero-order chi connectivity index (χ0) is 28.6. The monoisotopic (exact) mass is 552 g/mol. The summed E-state index contributed by atoms with van der Waals surface area (Å²) in [5, 5.41) is 11.8. The summed E-state index contributed by atoms with van der Waals surface area (Å²) < 4.78 is 0. The number of rotatable bonds is 6. The van der Waals surface area contributed by atoms with Crippen molar-refractivity contribution in [2.75, 3.05) is 10.6 Å². The molecule has 0 unspecified atom stereocenters. The minimum atomic E-state index is 0.864. The number of para-hydroxylation sites is 4. The summed E-state index contributed by atoms with van der Waals surface area (Å²) in [6.45, 7) is 0. The van der Waals surface area contributed by atoms with Gasteiger partial charge in [0.2, 0.25) is 0 Å². The molecule has 6 aromatic carbocycles. The Hall–Kier alpha value is -5.74. The maximum absolute atomic E-state index is 4.85. The molecule has 8 rings (SSSR count). The van der Waals surface area contributed by atoms with Crippen molar-refractivity contribution >= 4 is 66.4 Å². The molecule has 0 fully saturated rings. The van der Waals surface area contributed by atoms with Crippen LogP contribution in [0.1, 0.15) is 11.1 Å². The first-order valence-corrected chi connectivity index (χ1v) is 14.6. The van der Waals surface area contributed by atoms with Gasteiger partial charge in [-0.2, -0.15) is 0 Å². The van der Waals surface area contributed by atoms with Gasteiger partial charge in [-0.3, -0.25) is 0 Å². The summed E-state index contributed by atoms with van der Waals surface area (Å²) in [6, 6.07) is 50.7. The molecule has 2 N–H and O–H groups in total. The first-order valence-electron chi connectivity index (χ1n) is 14.6. The number of fused-ring (bicyclic) bond motifs is 4. The van der Waals surface area contributed by atoms with Gasteiger partial charge in [-0.05, 0) is 66.1 Å². The van der Waals surface area contributed by atoms with Gasteiger partial charge in [-0.15, -0.1) is 0 Å². The van der Waals surface area contributed by atoms with Gasteiger partial charge in [0.05, 0.1) is 33.4 Å². The summed E-state index contributed by atoms with van der Waals surface area (Å²) in [5.74, 6) is 0. The maximum atomic E-state index is 4.85. The van der Waals surface area contributed by atoms with E-state index in [0.717, 1.165) is 72.8 Å². The smallest absolute Gasteiger partial charge is 0.0730 e. The molecule has 0 bridgehead atoms. The number of aromatic nitrogens is 2. The fourth-order valence-electron chi connectivity index (χ4n) is 5.89. The van der Waals surface area contributed by atoms with Crippen molar-refractivity contribution in [1.82, 2.24) is 9.97 Å². The Kier molecular flexibility index (Phi) is 6.16. The van der Waals surface area contributed by atoms with E-state index in [-0.39, 0.29) is 0 Å². The lowest BCUT2D eigenvalue weighted by atomic mass is 10.0. The molecule has 2 heterocycles. The van der Waals surface area contributed by atoms with Crippen LogP contribution < -0.4 is 10.6 Å². The number of hydrogen-bond acceptors (Lipinski definition) is 4. The molecule has 0 aliphatic carbocycles. The van der Waals surface area contributed by atoms with Crippen molar-refractivity contribution in [3.05, 3.63) is 157 Å². The second-order valence-electron chi connectivity index (χ2n) is 10.9. The molecule has 4 heteroatoms. The van der Waals surface area contributed by atoms with Crippen LogP contribution in [0.3, 0.4) is 0 Å². The highest BCUT2D eigenvalue weighted by Crippen LogP contribution is 2.34. The van der Waals surface area contributed by atoms with Gasteiger partial charge in [-0.25, -0.2) is 9.97 Å². The second-order valence-corrected chi connectivity index (χ2v) is 10.9. The third-order valence-electron chi connectivity index (χ3n) is 8.03. The fourth-order valence-corrected chi connectivity index (χ4v) is 5.89. The van der Waals surface area contributed by atoms with Crippen LogP contribution in [0, 0.1) is 0 Å². The van der Waals surface area contributed by atoms with E-state index in [1.165, 1.54) is 11.1 Å². The molecule has 0 spiro atoms. The number of pyridine rings is 2. The molecule has 0 atom stereocenters. The van der Waals surface area contributed by atoms with E-state index in [9.17, 15) is 0 Å². The molecule has 0 aliphatic rings. The average molecular weight is 553 g/mol. The molecule has 8 aromatic rings. The van der Waals surface area contributed by atoms with Gasteiger partial charge in [0.15, 0.2) is 0 Å². The number of nitrogens with one attached hydrogen (secondary N) is 2. The molecule has 0 aliphatic heterocycles. The SMILES string of the molecule is c1ccc2c(Nc3ccc(Cc4ccc(Nc5c6ccccc6nc6ccccc56)cc4)cc3)c3ccccc3nc2c1. The predicted octanol–water partition coefficient (Wildman–Crippen LogP) is 10.2. The lowest BCUT2D eigenvalue weighted by Gasteiger charge is -2.14. The Bertz CT molecular complexity index is 1980. The Morgan fingerprint density at radius 2 is 0.651 bits per heavy atom. The summed E-state index contributed by atoms with van der Waals surface area (Å²) in [6.07, 6.45) is 0.864. The van der Waals surface area contributed by atoms with E-state index in [1.807, 2.05) is 24.3 Å². The summed E-state index contributed by atoms with van der Waals surface area (Å²) >= 11 is 0. The van der Waals surface area contributed by atoms with Crippen molar-refractivity contribution in [2.24, 2.45) is 0 Å². The van der Waals surface area contributed by atoms with Crippen molar-refractivity contribution in [3.8, 4) is 0 Å². The molecule has 0 saturated carbocycles. The van der Waals surface area contributed by atoms with Gasteiger partial charge >= 0.3 is 0 Å². The first kappa shape index (κ1) is 25.0. The molecular formula is C39H28N4. The van der Waals surface area contributed by atoms with E-state index in [2.05, 4.69) is 132 Å². The van der Waals surface area contributed by atoms with E-state index in [0.29, 0.717) is 0 Å². The van der Waals surface area contributed by atoms with Crippen LogP contribution in [0.25, 0.3) is 43.6 Å². The average Bonchev–Trinajstić information content (AvgIpc) is 3.06. The Morgan fingerprint density at radius 1 is 0.349 bits per heavy atom. The quantitative estimate of drug-likeness (QED) is 0.202. The van der Waals surface area contributed by atoms with E-state index in [4.69, 9.17) is 9.97 Å². The van der Waals surface area contributed by atoms with Crippen LogP contribution in [0.4, 0.5) is 22.7 Å². The number of hydrogen-bond donors (Lipinski definition) is 2. The zero-order valence-electron chi connectivity index (χ0n) is 23.5. The zero-order valence-corrected chi connectivity index (χ0v) is 23.5. The lowest BCUT2D eigenvalue weighted by Crippen LogP contribution is -1.97. The van der Waals surface area contributed by atoms with Crippen molar-refractivity contribution in [3.63, 3.8) is 0 Å². The highest BCUT2D eigenvalue weighted by molar-refractivity contribution is 6.09. The van der Waals surface area contributed by atoms with E-state index >= 15 is 0 Å². The van der Waals surface area contributed by atoms with Crippen LogP contribution in [-0.2, 0) is 6.42 Å². The number of anilines is 4. The molecule has 204 valence electrons. The topological polar surface area (TPSA) is 49.8 Å². The lowest BCUT2D eigenvalue weighted by molar-refractivity contribution is 1.19. The van der Waals surface area contributed by atoms with Crippen molar-refractivity contribution in [2.45, 2.75) is 6.42 Å². The Labute approximate surface area is 249 Å². The molecule has 0 saturated heterocycles. The summed E-state index contributed by atoms with van der Waals surface area (Å²) in [4.78, 5) is 9.70. The number of nitrogens with zero attached hydrogens (tertiary/aromatic N) is 2. The highest BCUT2D eigenvalue weighted by Gasteiger charge is 2.11. The minimum Gasteiger partial charge on any atom is -0.354 e. The van der Waals surface area contributed by atoms with Crippen LogP contribution in [0.15, 0.2) is 146 Å². The molecule has 4 nitrogen and oxygen atoms in total. The minimum absolute atomic E-state index is 0.864. The largest absolute Gasteiger partial charge is 0.354 e. The van der Waals surface area contributed by atoms with Crippen LogP contribution in [0.5, 0.6) is 0 Å².